The van der Waals surface area contributed by atoms with Gasteiger partial charge in [0, 0.05) is 24.6 Å². The van der Waals surface area contributed by atoms with Crippen LogP contribution in [-0.4, -0.2) is 42.4 Å². The minimum atomic E-state index is -0.437. The number of esters is 1. The Bertz CT molecular complexity index is 754. The fourth-order valence-corrected chi connectivity index (χ4v) is 3.31. The van der Waals surface area contributed by atoms with Crippen LogP contribution in [0.3, 0.4) is 0 Å². The zero-order valence-electron chi connectivity index (χ0n) is 16.5. The molecular weight excluding hydrogens is 344 g/mol. The van der Waals surface area contributed by atoms with E-state index in [9.17, 15) is 14.4 Å². The fourth-order valence-electron chi connectivity index (χ4n) is 3.31. The van der Waals surface area contributed by atoms with Crippen molar-refractivity contribution >= 4 is 17.8 Å². The molecule has 0 saturated heterocycles. The number of hydrogen-bond acceptors (Lipinski definition) is 4. The second-order valence-corrected chi connectivity index (χ2v) is 6.72. The molecule has 6 nitrogen and oxygen atoms in total. The number of amides is 2. The molecule has 1 heterocycles. The number of aryl methyl sites for hydroxylation is 1. The molecule has 6 heteroatoms. The molecule has 1 aromatic rings. The predicted molar refractivity (Wildman–Crippen MR) is 103 cm³/mol. The first kappa shape index (κ1) is 20.7. The summed E-state index contributed by atoms with van der Waals surface area (Å²) in [6.45, 7) is 8.11. The molecule has 1 N–H and O–H groups in total. The zero-order valence-corrected chi connectivity index (χ0v) is 16.5. The summed E-state index contributed by atoms with van der Waals surface area (Å²) in [6.07, 6.45) is 0.952. The van der Waals surface area contributed by atoms with Gasteiger partial charge in [0.05, 0.1) is 12.2 Å². The monoisotopic (exact) mass is 372 g/mol. The van der Waals surface area contributed by atoms with Crippen LogP contribution in [0.15, 0.2) is 35.5 Å². The first-order chi connectivity index (χ1) is 12.9. The Morgan fingerprint density at radius 1 is 1.26 bits per heavy atom. The van der Waals surface area contributed by atoms with Crippen LogP contribution in [-0.2, 0) is 19.1 Å². The molecule has 0 saturated carbocycles. The molecule has 0 aromatic heterocycles. The lowest BCUT2D eigenvalue weighted by atomic mass is 9.83. The molecule has 0 bridgehead atoms. The number of ether oxygens (including phenoxy) is 1. The Balaban J connectivity index is 2.41. The maximum absolute atomic E-state index is 12.8. The van der Waals surface area contributed by atoms with E-state index in [1.807, 2.05) is 38.1 Å². The first-order valence-electron chi connectivity index (χ1n) is 9.40. The molecule has 146 valence electrons. The standard InChI is InChI=1S/C21H28N2O4/c1-5-10-22-18(24)13-23-15(4)20(21(26)27-6-2)17(12-19(23)25)16-9-7-8-14(3)11-16/h7-9,11,17H,5-6,10,12-13H2,1-4H3,(H,22,24)/t17-/m1/s1. The molecule has 0 spiro atoms. The van der Waals surface area contributed by atoms with Gasteiger partial charge in [-0.25, -0.2) is 4.79 Å². The highest BCUT2D eigenvalue weighted by Gasteiger charge is 2.37. The van der Waals surface area contributed by atoms with Gasteiger partial charge in [-0.15, -0.1) is 0 Å². The number of carbonyl (C=O) groups excluding carboxylic acids is 3. The number of nitrogens with zero attached hydrogens (tertiary/aromatic N) is 1. The van der Waals surface area contributed by atoms with E-state index in [4.69, 9.17) is 4.74 Å². The molecule has 0 unspecified atom stereocenters. The highest BCUT2D eigenvalue weighted by atomic mass is 16.5. The Morgan fingerprint density at radius 2 is 2.00 bits per heavy atom. The van der Waals surface area contributed by atoms with Crippen LogP contribution in [0.5, 0.6) is 0 Å². The van der Waals surface area contributed by atoms with Crippen LogP contribution in [0.4, 0.5) is 0 Å². The SMILES string of the molecule is CCCNC(=O)CN1C(=O)C[C@H](c2cccc(C)c2)C(C(=O)OCC)=C1C. The molecule has 0 fully saturated rings. The van der Waals surface area contributed by atoms with Crippen molar-refractivity contribution in [1.82, 2.24) is 10.2 Å². The van der Waals surface area contributed by atoms with Gasteiger partial charge in [0.1, 0.15) is 6.54 Å². The van der Waals surface area contributed by atoms with Crippen LogP contribution in [0.2, 0.25) is 0 Å². The molecule has 2 rings (SSSR count). The molecule has 1 aliphatic heterocycles. The van der Waals surface area contributed by atoms with Gasteiger partial charge in [-0.1, -0.05) is 36.8 Å². The molecule has 27 heavy (non-hydrogen) atoms. The van der Waals surface area contributed by atoms with Crippen molar-refractivity contribution in [3.05, 3.63) is 46.7 Å². The average molecular weight is 372 g/mol. The lowest BCUT2D eigenvalue weighted by Crippen LogP contribution is -2.44. The van der Waals surface area contributed by atoms with Gasteiger partial charge in [-0.3, -0.25) is 9.59 Å². The summed E-state index contributed by atoms with van der Waals surface area (Å²) in [6, 6.07) is 7.78. The topological polar surface area (TPSA) is 75.7 Å². The van der Waals surface area contributed by atoms with Crippen LogP contribution in [0.1, 0.15) is 50.7 Å². The second-order valence-electron chi connectivity index (χ2n) is 6.72. The number of nitrogens with one attached hydrogen (secondary N) is 1. The van der Waals surface area contributed by atoms with E-state index in [0.29, 0.717) is 17.8 Å². The Kier molecular flexibility index (Phi) is 7.16. The molecular formula is C21H28N2O4. The van der Waals surface area contributed by atoms with Gasteiger partial charge in [-0.2, -0.15) is 0 Å². The van der Waals surface area contributed by atoms with E-state index in [-0.39, 0.29) is 37.3 Å². The third-order valence-corrected chi connectivity index (χ3v) is 4.64. The Labute approximate surface area is 160 Å². The first-order valence-corrected chi connectivity index (χ1v) is 9.40. The third kappa shape index (κ3) is 4.96. The van der Waals surface area contributed by atoms with Crippen LogP contribution in [0.25, 0.3) is 0 Å². The van der Waals surface area contributed by atoms with Gasteiger partial charge in [0.2, 0.25) is 11.8 Å². The average Bonchev–Trinajstić information content (AvgIpc) is 2.63. The quantitative estimate of drug-likeness (QED) is 0.747. The Morgan fingerprint density at radius 3 is 2.63 bits per heavy atom. The summed E-state index contributed by atoms with van der Waals surface area (Å²) in [7, 11) is 0. The Hall–Kier alpha value is -2.63. The van der Waals surface area contributed by atoms with Crippen molar-refractivity contribution in [2.24, 2.45) is 0 Å². The van der Waals surface area contributed by atoms with Crippen molar-refractivity contribution < 1.29 is 19.1 Å². The van der Waals surface area contributed by atoms with E-state index in [1.54, 1.807) is 13.8 Å². The minimum absolute atomic E-state index is 0.0892. The van der Waals surface area contributed by atoms with Gasteiger partial charge in [0.25, 0.3) is 0 Å². The maximum Gasteiger partial charge on any atom is 0.336 e. The fraction of sp³-hybridized carbons (Fsp3) is 0.476. The summed E-state index contributed by atoms with van der Waals surface area (Å²) >= 11 is 0. The molecule has 1 aliphatic rings. The van der Waals surface area contributed by atoms with Crippen LogP contribution < -0.4 is 5.32 Å². The zero-order chi connectivity index (χ0) is 20.0. The number of carbonyl (C=O) groups is 3. The molecule has 2 amide bonds. The van der Waals surface area contributed by atoms with Gasteiger partial charge in [-0.05, 0) is 32.8 Å². The minimum Gasteiger partial charge on any atom is -0.463 e. The van der Waals surface area contributed by atoms with Crippen molar-refractivity contribution in [1.29, 1.82) is 0 Å². The third-order valence-electron chi connectivity index (χ3n) is 4.64. The van der Waals surface area contributed by atoms with Crippen molar-refractivity contribution in [3.63, 3.8) is 0 Å². The van der Waals surface area contributed by atoms with Crippen LogP contribution >= 0.6 is 0 Å². The van der Waals surface area contributed by atoms with Crippen molar-refractivity contribution in [2.75, 3.05) is 19.7 Å². The summed E-state index contributed by atoms with van der Waals surface area (Å²) in [5, 5.41) is 2.77. The number of allylic oxidation sites excluding steroid dienone is 1. The van der Waals surface area contributed by atoms with E-state index < -0.39 is 5.97 Å². The number of hydrogen-bond donors (Lipinski definition) is 1. The van der Waals surface area contributed by atoms with Gasteiger partial charge >= 0.3 is 5.97 Å². The number of benzene rings is 1. The maximum atomic E-state index is 12.8. The summed E-state index contributed by atoms with van der Waals surface area (Å²) in [4.78, 5) is 38.9. The summed E-state index contributed by atoms with van der Waals surface area (Å²) < 4.78 is 5.25. The van der Waals surface area contributed by atoms with E-state index in [2.05, 4.69) is 5.32 Å². The summed E-state index contributed by atoms with van der Waals surface area (Å²) in [5.41, 5.74) is 2.90. The van der Waals surface area contributed by atoms with E-state index >= 15 is 0 Å². The second kappa shape index (κ2) is 9.35. The van der Waals surface area contributed by atoms with E-state index in [1.165, 1.54) is 4.90 Å². The lowest BCUT2D eigenvalue weighted by molar-refractivity contribution is -0.141. The molecule has 1 atom stereocenters. The predicted octanol–water partition coefficient (Wildman–Crippen LogP) is 2.67. The lowest BCUT2D eigenvalue weighted by Gasteiger charge is -2.34. The molecule has 1 aromatic carbocycles. The van der Waals surface area contributed by atoms with Gasteiger partial charge < -0.3 is 15.0 Å². The van der Waals surface area contributed by atoms with Gasteiger partial charge in [0.15, 0.2) is 0 Å². The normalized spacial score (nSPS) is 17.1. The largest absolute Gasteiger partial charge is 0.463 e. The summed E-state index contributed by atoms with van der Waals surface area (Å²) in [5.74, 6) is -1.21. The number of rotatable bonds is 7. The highest BCUT2D eigenvalue weighted by Crippen LogP contribution is 2.37. The van der Waals surface area contributed by atoms with E-state index in [0.717, 1.165) is 17.5 Å². The van der Waals surface area contributed by atoms with Crippen molar-refractivity contribution in [3.8, 4) is 0 Å². The molecule has 0 aliphatic carbocycles. The molecule has 0 radical (unpaired) electrons. The highest BCUT2D eigenvalue weighted by molar-refractivity contribution is 5.97. The van der Waals surface area contributed by atoms with Crippen LogP contribution in [0, 0.1) is 6.92 Å². The van der Waals surface area contributed by atoms with Crippen molar-refractivity contribution in [2.45, 2.75) is 46.5 Å². The smallest absolute Gasteiger partial charge is 0.336 e.